The van der Waals surface area contributed by atoms with Gasteiger partial charge < -0.3 is 4.74 Å². The fraction of sp³-hybridized carbons (Fsp3) is 0.200. The van der Waals surface area contributed by atoms with E-state index in [1.807, 2.05) is 37.3 Å². The van der Waals surface area contributed by atoms with Crippen LogP contribution in [0.4, 0.5) is 0 Å². The molecule has 0 fully saturated rings. The van der Waals surface area contributed by atoms with Crippen molar-refractivity contribution in [3.05, 3.63) is 52.8 Å². The van der Waals surface area contributed by atoms with Crippen molar-refractivity contribution in [2.45, 2.75) is 13.5 Å². The molecule has 3 aromatic rings. The number of tetrazole rings is 1. The van der Waals surface area contributed by atoms with E-state index in [-0.39, 0.29) is 0 Å². The van der Waals surface area contributed by atoms with E-state index in [9.17, 15) is 0 Å². The lowest BCUT2D eigenvalue weighted by Gasteiger charge is -2.12. The molecule has 2 heterocycles. The van der Waals surface area contributed by atoms with Gasteiger partial charge in [0.05, 0.1) is 18.3 Å². The Balaban J connectivity index is 1.95. The van der Waals surface area contributed by atoms with Gasteiger partial charge in [-0.05, 0) is 17.7 Å². The van der Waals surface area contributed by atoms with Crippen molar-refractivity contribution in [1.29, 1.82) is 0 Å². The van der Waals surface area contributed by atoms with Crippen LogP contribution in [0, 0.1) is 6.92 Å². The van der Waals surface area contributed by atoms with Crippen LogP contribution in [-0.2, 0) is 13.7 Å². The first-order valence-electron chi connectivity index (χ1n) is 6.72. The Bertz CT molecular complexity index is 788. The van der Waals surface area contributed by atoms with Gasteiger partial charge in [0.2, 0.25) is 5.82 Å². The Morgan fingerprint density at radius 1 is 1.23 bits per heavy atom. The zero-order chi connectivity index (χ0) is 15.5. The Labute approximate surface area is 132 Å². The minimum atomic E-state index is 0.369. The van der Waals surface area contributed by atoms with Crippen LogP contribution in [0.5, 0.6) is 5.75 Å². The van der Waals surface area contributed by atoms with E-state index in [0.29, 0.717) is 34.6 Å². The van der Waals surface area contributed by atoms with Crippen LogP contribution in [0.1, 0.15) is 11.3 Å². The van der Waals surface area contributed by atoms with Crippen molar-refractivity contribution >= 4 is 11.6 Å². The second-order valence-electron chi connectivity index (χ2n) is 4.78. The first-order chi connectivity index (χ1) is 10.6. The summed E-state index contributed by atoms with van der Waals surface area (Å²) in [6.45, 7) is 2.26. The van der Waals surface area contributed by atoms with E-state index in [4.69, 9.17) is 16.3 Å². The second kappa shape index (κ2) is 6.11. The zero-order valence-corrected chi connectivity index (χ0v) is 12.9. The minimum Gasteiger partial charge on any atom is -0.488 e. The van der Waals surface area contributed by atoms with E-state index >= 15 is 0 Å². The number of pyridine rings is 1. The molecule has 0 amide bonds. The molecule has 0 unspecified atom stereocenters. The molecule has 0 atom stereocenters. The Morgan fingerprint density at radius 3 is 2.68 bits per heavy atom. The molecule has 1 aromatic carbocycles. The molecular formula is C15H14ClN5O. The standard InChI is InChI=1S/C15H14ClN5O/c1-10-14(15-18-20-21(2)19-15)12(8-13(16)17-10)22-9-11-6-4-3-5-7-11/h3-8H,9H2,1-2H3. The number of ether oxygens (including phenoxy) is 1. The van der Waals surface area contributed by atoms with Gasteiger partial charge in [0.25, 0.3) is 0 Å². The highest BCUT2D eigenvalue weighted by molar-refractivity contribution is 6.29. The number of rotatable bonds is 4. The van der Waals surface area contributed by atoms with Crippen molar-refractivity contribution in [2.24, 2.45) is 7.05 Å². The lowest BCUT2D eigenvalue weighted by atomic mass is 10.1. The average molecular weight is 316 g/mol. The van der Waals surface area contributed by atoms with Crippen LogP contribution in [0.15, 0.2) is 36.4 Å². The number of benzene rings is 1. The molecule has 0 aliphatic carbocycles. The summed E-state index contributed by atoms with van der Waals surface area (Å²) in [6.07, 6.45) is 0. The molecule has 0 aliphatic heterocycles. The normalized spacial score (nSPS) is 10.7. The van der Waals surface area contributed by atoms with Gasteiger partial charge in [-0.15, -0.1) is 10.2 Å². The summed E-state index contributed by atoms with van der Waals surface area (Å²) >= 11 is 6.04. The molecule has 7 heteroatoms. The minimum absolute atomic E-state index is 0.369. The van der Waals surface area contributed by atoms with Gasteiger partial charge in [-0.25, -0.2) is 4.98 Å². The van der Waals surface area contributed by atoms with Gasteiger partial charge in [-0.3, -0.25) is 0 Å². The smallest absolute Gasteiger partial charge is 0.210 e. The van der Waals surface area contributed by atoms with Crippen LogP contribution in [0.3, 0.4) is 0 Å². The number of aryl methyl sites for hydroxylation is 2. The molecule has 112 valence electrons. The van der Waals surface area contributed by atoms with Crippen molar-refractivity contribution in [3.63, 3.8) is 0 Å². The number of aromatic nitrogens is 5. The van der Waals surface area contributed by atoms with Crippen LogP contribution in [0.2, 0.25) is 5.15 Å². The quantitative estimate of drug-likeness (QED) is 0.693. The van der Waals surface area contributed by atoms with Crippen molar-refractivity contribution in [1.82, 2.24) is 25.2 Å². The molecule has 0 saturated carbocycles. The SMILES string of the molecule is Cc1nc(Cl)cc(OCc2ccccc2)c1-c1nnn(C)n1. The molecular weight excluding hydrogens is 302 g/mol. The maximum absolute atomic E-state index is 6.04. The molecule has 0 radical (unpaired) electrons. The molecule has 0 aliphatic rings. The Kier molecular flexibility index (Phi) is 4.02. The van der Waals surface area contributed by atoms with Gasteiger partial charge in [-0.2, -0.15) is 4.80 Å². The summed E-state index contributed by atoms with van der Waals surface area (Å²) in [5, 5.41) is 12.5. The molecule has 0 spiro atoms. The van der Waals surface area contributed by atoms with Crippen LogP contribution in [-0.4, -0.2) is 25.2 Å². The first kappa shape index (κ1) is 14.5. The maximum Gasteiger partial charge on any atom is 0.210 e. The van der Waals surface area contributed by atoms with E-state index < -0.39 is 0 Å². The Morgan fingerprint density at radius 2 is 2.00 bits per heavy atom. The summed E-state index contributed by atoms with van der Waals surface area (Å²) in [7, 11) is 1.71. The van der Waals surface area contributed by atoms with Crippen LogP contribution < -0.4 is 4.74 Å². The molecule has 22 heavy (non-hydrogen) atoms. The third-order valence-electron chi connectivity index (χ3n) is 3.10. The monoisotopic (exact) mass is 315 g/mol. The fourth-order valence-corrected chi connectivity index (χ4v) is 2.34. The van der Waals surface area contributed by atoms with E-state index in [1.165, 1.54) is 4.80 Å². The van der Waals surface area contributed by atoms with E-state index in [1.54, 1.807) is 13.1 Å². The van der Waals surface area contributed by atoms with Gasteiger partial charge in [-0.1, -0.05) is 41.9 Å². The highest BCUT2D eigenvalue weighted by atomic mass is 35.5. The summed E-state index contributed by atoms with van der Waals surface area (Å²) in [5.74, 6) is 1.06. The first-order valence-corrected chi connectivity index (χ1v) is 7.09. The summed E-state index contributed by atoms with van der Waals surface area (Å²) in [5.41, 5.74) is 2.46. The molecule has 6 nitrogen and oxygen atoms in total. The van der Waals surface area contributed by atoms with Crippen LogP contribution in [0.25, 0.3) is 11.4 Å². The van der Waals surface area contributed by atoms with Gasteiger partial charge in [0.15, 0.2) is 0 Å². The predicted octanol–water partition coefficient (Wildman–Crippen LogP) is 2.81. The predicted molar refractivity (Wildman–Crippen MR) is 82.6 cm³/mol. The zero-order valence-electron chi connectivity index (χ0n) is 12.2. The molecule has 0 N–H and O–H groups in total. The second-order valence-corrected chi connectivity index (χ2v) is 5.17. The van der Waals surface area contributed by atoms with Gasteiger partial charge >= 0.3 is 0 Å². The fourth-order valence-electron chi connectivity index (χ4n) is 2.11. The Hall–Kier alpha value is -2.47. The molecule has 0 bridgehead atoms. The number of hydrogen-bond donors (Lipinski definition) is 0. The van der Waals surface area contributed by atoms with Crippen molar-refractivity contribution in [3.8, 4) is 17.1 Å². The van der Waals surface area contributed by atoms with E-state index in [0.717, 1.165) is 5.56 Å². The summed E-state index contributed by atoms with van der Waals surface area (Å²) in [4.78, 5) is 5.64. The third kappa shape index (κ3) is 3.07. The highest BCUT2D eigenvalue weighted by Crippen LogP contribution is 2.32. The van der Waals surface area contributed by atoms with Crippen molar-refractivity contribution in [2.75, 3.05) is 0 Å². The highest BCUT2D eigenvalue weighted by Gasteiger charge is 2.17. The molecule has 2 aromatic heterocycles. The van der Waals surface area contributed by atoms with E-state index in [2.05, 4.69) is 20.4 Å². The molecule has 0 saturated heterocycles. The largest absolute Gasteiger partial charge is 0.488 e. The van der Waals surface area contributed by atoms with Crippen LogP contribution >= 0.6 is 11.6 Å². The number of nitrogens with zero attached hydrogens (tertiary/aromatic N) is 5. The third-order valence-corrected chi connectivity index (χ3v) is 3.30. The van der Waals surface area contributed by atoms with Crippen molar-refractivity contribution < 1.29 is 4.74 Å². The lowest BCUT2D eigenvalue weighted by Crippen LogP contribution is -2.01. The van der Waals surface area contributed by atoms with Gasteiger partial charge in [0, 0.05) is 6.07 Å². The topological polar surface area (TPSA) is 65.7 Å². The summed E-state index contributed by atoms with van der Waals surface area (Å²) in [6, 6.07) is 11.6. The maximum atomic E-state index is 6.04. The number of halogens is 1. The number of hydrogen-bond acceptors (Lipinski definition) is 5. The molecule has 3 rings (SSSR count). The lowest BCUT2D eigenvalue weighted by molar-refractivity contribution is 0.307. The summed E-state index contributed by atoms with van der Waals surface area (Å²) < 4.78 is 5.91. The average Bonchev–Trinajstić information content (AvgIpc) is 2.91. The van der Waals surface area contributed by atoms with Gasteiger partial charge in [0.1, 0.15) is 17.5 Å².